The molecule has 0 unspecified atom stereocenters. The highest BCUT2D eigenvalue weighted by molar-refractivity contribution is 5.49. The smallest absolute Gasteiger partial charge is 0.125 e. The van der Waals surface area contributed by atoms with Gasteiger partial charge in [0.1, 0.15) is 5.75 Å². The fourth-order valence-electron chi connectivity index (χ4n) is 2.08. The van der Waals surface area contributed by atoms with E-state index >= 15 is 0 Å². The normalized spacial score (nSPS) is 12.7. The molecule has 1 aromatic carbocycles. The lowest BCUT2D eigenvalue weighted by molar-refractivity contribution is 0.218. The van der Waals surface area contributed by atoms with Gasteiger partial charge in [-0.1, -0.05) is 46.8 Å². The zero-order chi connectivity index (χ0) is 14.1. The van der Waals surface area contributed by atoms with Gasteiger partial charge in [-0.15, -0.1) is 0 Å². The van der Waals surface area contributed by atoms with Crippen molar-refractivity contribution >= 4 is 0 Å². The van der Waals surface area contributed by atoms with E-state index < -0.39 is 0 Å². The van der Waals surface area contributed by atoms with Crippen molar-refractivity contribution in [1.82, 2.24) is 0 Å². The number of benzene rings is 1. The minimum atomic E-state index is -0.225. The van der Waals surface area contributed by atoms with Crippen molar-refractivity contribution in [3.8, 4) is 5.75 Å². The SMILES string of the molecule is COc1c(C)cc(C(C)(C)CO)cc1C(C)(C)C. The van der Waals surface area contributed by atoms with E-state index in [0.29, 0.717) is 0 Å². The van der Waals surface area contributed by atoms with E-state index in [1.807, 2.05) is 0 Å². The number of rotatable bonds is 3. The summed E-state index contributed by atoms with van der Waals surface area (Å²) in [5.74, 6) is 0.958. The molecule has 18 heavy (non-hydrogen) atoms. The zero-order valence-corrected chi connectivity index (χ0v) is 12.7. The van der Waals surface area contributed by atoms with Crippen LogP contribution < -0.4 is 4.74 Å². The van der Waals surface area contributed by atoms with Crippen LogP contribution in [0.5, 0.6) is 5.75 Å². The molecule has 2 nitrogen and oxygen atoms in total. The Morgan fingerprint density at radius 1 is 1.11 bits per heavy atom. The Labute approximate surface area is 111 Å². The summed E-state index contributed by atoms with van der Waals surface area (Å²) < 4.78 is 5.54. The van der Waals surface area contributed by atoms with Crippen molar-refractivity contribution in [2.45, 2.75) is 52.4 Å². The van der Waals surface area contributed by atoms with Crippen molar-refractivity contribution in [3.63, 3.8) is 0 Å². The molecule has 0 bridgehead atoms. The molecule has 0 fully saturated rings. The fraction of sp³-hybridized carbons (Fsp3) is 0.625. The molecule has 0 saturated heterocycles. The highest BCUT2D eigenvalue weighted by Crippen LogP contribution is 2.37. The molecule has 0 spiro atoms. The maximum atomic E-state index is 9.53. The van der Waals surface area contributed by atoms with Crippen LogP contribution in [0.4, 0.5) is 0 Å². The second kappa shape index (κ2) is 4.93. The Morgan fingerprint density at radius 3 is 2.06 bits per heavy atom. The molecule has 0 radical (unpaired) electrons. The topological polar surface area (TPSA) is 29.5 Å². The van der Waals surface area contributed by atoms with Crippen molar-refractivity contribution in [2.24, 2.45) is 0 Å². The lowest BCUT2D eigenvalue weighted by Gasteiger charge is -2.29. The van der Waals surface area contributed by atoms with Crippen LogP contribution in [0, 0.1) is 6.92 Å². The molecule has 1 aromatic rings. The highest BCUT2D eigenvalue weighted by Gasteiger charge is 2.26. The minimum absolute atomic E-state index is 0.0254. The molecule has 1 N–H and O–H groups in total. The first kappa shape index (κ1) is 15.0. The van der Waals surface area contributed by atoms with Gasteiger partial charge >= 0.3 is 0 Å². The van der Waals surface area contributed by atoms with Gasteiger partial charge in [-0.2, -0.15) is 0 Å². The van der Waals surface area contributed by atoms with Gasteiger partial charge < -0.3 is 9.84 Å². The fourth-order valence-corrected chi connectivity index (χ4v) is 2.08. The van der Waals surface area contributed by atoms with Crippen LogP contribution >= 0.6 is 0 Å². The van der Waals surface area contributed by atoms with Crippen molar-refractivity contribution < 1.29 is 9.84 Å². The monoisotopic (exact) mass is 250 g/mol. The lowest BCUT2D eigenvalue weighted by Crippen LogP contribution is -2.24. The van der Waals surface area contributed by atoms with Gasteiger partial charge in [-0.3, -0.25) is 0 Å². The summed E-state index contributed by atoms with van der Waals surface area (Å²) in [4.78, 5) is 0. The van der Waals surface area contributed by atoms with E-state index in [0.717, 1.165) is 16.9 Å². The second-order valence-electron chi connectivity index (χ2n) is 6.67. The van der Waals surface area contributed by atoms with Crippen LogP contribution in [0.25, 0.3) is 0 Å². The Hall–Kier alpha value is -1.02. The second-order valence-corrected chi connectivity index (χ2v) is 6.67. The summed E-state index contributed by atoms with van der Waals surface area (Å²) in [6.45, 7) is 12.9. The molecule has 0 aromatic heterocycles. The predicted molar refractivity (Wildman–Crippen MR) is 76.5 cm³/mol. The van der Waals surface area contributed by atoms with Gasteiger partial charge in [-0.05, 0) is 23.5 Å². The van der Waals surface area contributed by atoms with E-state index in [-0.39, 0.29) is 17.4 Å². The predicted octanol–water partition coefficient (Wildman–Crippen LogP) is 3.57. The largest absolute Gasteiger partial charge is 0.496 e. The molecule has 0 atom stereocenters. The van der Waals surface area contributed by atoms with E-state index in [1.165, 1.54) is 5.56 Å². The third-order valence-corrected chi connectivity index (χ3v) is 3.46. The maximum absolute atomic E-state index is 9.53. The number of ether oxygens (including phenoxy) is 1. The van der Waals surface area contributed by atoms with Crippen LogP contribution in [-0.2, 0) is 10.8 Å². The number of hydrogen-bond donors (Lipinski definition) is 1. The van der Waals surface area contributed by atoms with E-state index in [9.17, 15) is 5.11 Å². The zero-order valence-electron chi connectivity index (χ0n) is 12.7. The standard InChI is InChI=1S/C16H26O2/c1-11-8-12(16(5,6)10-17)9-13(14(11)18-7)15(2,3)4/h8-9,17H,10H2,1-7H3. The Bertz CT molecular complexity index is 425. The highest BCUT2D eigenvalue weighted by atomic mass is 16.5. The Balaban J connectivity index is 3.50. The lowest BCUT2D eigenvalue weighted by atomic mass is 9.78. The summed E-state index contributed by atoms with van der Waals surface area (Å²) in [6, 6.07) is 4.28. The third-order valence-electron chi connectivity index (χ3n) is 3.46. The number of aliphatic hydroxyl groups is 1. The molecule has 102 valence electrons. The molecule has 1 rings (SSSR count). The molecular weight excluding hydrogens is 224 g/mol. The van der Waals surface area contributed by atoms with Crippen LogP contribution in [0.3, 0.4) is 0 Å². The first-order chi connectivity index (χ1) is 8.13. The van der Waals surface area contributed by atoms with Crippen LogP contribution in [0.1, 0.15) is 51.3 Å². The minimum Gasteiger partial charge on any atom is -0.496 e. The molecule has 0 aliphatic rings. The maximum Gasteiger partial charge on any atom is 0.125 e. The van der Waals surface area contributed by atoms with Gasteiger partial charge in [0, 0.05) is 11.0 Å². The van der Waals surface area contributed by atoms with Gasteiger partial charge in [-0.25, -0.2) is 0 Å². The number of aryl methyl sites for hydroxylation is 1. The number of aliphatic hydroxyl groups excluding tert-OH is 1. The molecule has 0 heterocycles. The van der Waals surface area contributed by atoms with E-state index in [4.69, 9.17) is 4.74 Å². The van der Waals surface area contributed by atoms with Gasteiger partial charge in [0.2, 0.25) is 0 Å². The van der Waals surface area contributed by atoms with Crippen LogP contribution in [0.15, 0.2) is 12.1 Å². The number of hydrogen-bond acceptors (Lipinski definition) is 2. The number of methoxy groups -OCH3 is 1. The molecule has 2 heteroatoms. The van der Waals surface area contributed by atoms with Crippen LogP contribution in [0.2, 0.25) is 0 Å². The summed E-state index contributed by atoms with van der Waals surface area (Å²) >= 11 is 0. The average molecular weight is 250 g/mol. The first-order valence-corrected chi connectivity index (χ1v) is 6.44. The Kier molecular flexibility index (Phi) is 4.12. The van der Waals surface area contributed by atoms with Crippen LogP contribution in [-0.4, -0.2) is 18.8 Å². The first-order valence-electron chi connectivity index (χ1n) is 6.44. The quantitative estimate of drug-likeness (QED) is 0.888. The molecule has 0 aliphatic carbocycles. The third kappa shape index (κ3) is 2.86. The molecule has 0 saturated carbocycles. The summed E-state index contributed by atoms with van der Waals surface area (Å²) in [5.41, 5.74) is 3.28. The van der Waals surface area contributed by atoms with Crippen molar-refractivity contribution in [1.29, 1.82) is 0 Å². The average Bonchev–Trinajstić information content (AvgIpc) is 2.26. The molecule has 0 amide bonds. The summed E-state index contributed by atoms with van der Waals surface area (Å²) in [6.07, 6.45) is 0. The Morgan fingerprint density at radius 2 is 1.67 bits per heavy atom. The molecule has 0 aliphatic heterocycles. The van der Waals surface area contributed by atoms with E-state index in [1.54, 1.807) is 7.11 Å². The molecular formula is C16H26O2. The van der Waals surface area contributed by atoms with E-state index in [2.05, 4.69) is 53.7 Å². The van der Waals surface area contributed by atoms with Gasteiger partial charge in [0.25, 0.3) is 0 Å². The summed E-state index contributed by atoms with van der Waals surface area (Å²) in [5, 5.41) is 9.53. The van der Waals surface area contributed by atoms with Crippen molar-refractivity contribution in [2.75, 3.05) is 13.7 Å². The van der Waals surface area contributed by atoms with Crippen molar-refractivity contribution in [3.05, 3.63) is 28.8 Å². The van der Waals surface area contributed by atoms with Gasteiger partial charge in [0.05, 0.1) is 13.7 Å². The summed E-state index contributed by atoms with van der Waals surface area (Å²) in [7, 11) is 1.72. The van der Waals surface area contributed by atoms with Gasteiger partial charge in [0.15, 0.2) is 0 Å².